The molecule has 3 aromatic rings. The summed E-state index contributed by atoms with van der Waals surface area (Å²) in [4.78, 5) is 15.2. The van der Waals surface area contributed by atoms with Gasteiger partial charge in [-0.3, -0.25) is 9.97 Å². The van der Waals surface area contributed by atoms with Crippen LogP contribution in [0, 0.1) is 18.3 Å². The van der Waals surface area contributed by atoms with Crippen molar-refractivity contribution in [1.29, 1.82) is 5.26 Å². The second kappa shape index (κ2) is 7.25. The number of aryl methyl sites for hydroxylation is 1. The van der Waals surface area contributed by atoms with E-state index < -0.39 is 0 Å². The molecule has 0 spiro atoms. The Hall–Kier alpha value is -3.41. The quantitative estimate of drug-likeness (QED) is 0.620. The number of hydrogen-bond donors (Lipinski definition) is 0. The van der Waals surface area contributed by atoms with Gasteiger partial charge in [-0.1, -0.05) is 0 Å². The molecule has 0 amide bonds. The average molecular weight is 279 g/mol. The Morgan fingerprint density at radius 2 is 1.52 bits per heavy atom. The number of hydrogen-bond acceptors (Lipinski definition) is 9. The largest absolute Gasteiger partial charge is 0.261 e. The maximum Gasteiger partial charge on any atom is 0.223 e. The first-order valence-corrected chi connectivity index (χ1v) is 5.76. The fourth-order valence-electron chi connectivity index (χ4n) is 1.15. The Morgan fingerprint density at radius 3 is 2.00 bits per heavy atom. The van der Waals surface area contributed by atoms with E-state index in [9.17, 15) is 0 Å². The molecule has 0 fully saturated rings. The van der Waals surface area contributed by atoms with Crippen LogP contribution in [0.3, 0.4) is 0 Å². The van der Waals surface area contributed by atoms with Gasteiger partial charge in [0, 0.05) is 24.8 Å². The van der Waals surface area contributed by atoms with Crippen LogP contribution in [0.15, 0.2) is 37.2 Å². The second-order valence-corrected chi connectivity index (χ2v) is 3.56. The summed E-state index contributed by atoms with van der Waals surface area (Å²) in [6.07, 6.45) is 9.14. The molecule has 3 aromatic heterocycles. The first-order valence-electron chi connectivity index (χ1n) is 5.76. The zero-order valence-electron chi connectivity index (χ0n) is 11.0. The molecule has 0 aromatic carbocycles. The minimum Gasteiger partial charge on any atom is -0.261 e. The maximum atomic E-state index is 8.19. The van der Waals surface area contributed by atoms with Crippen molar-refractivity contribution in [2.24, 2.45) is 0 Å². The normalized spacial score (nSPS) is 9.14. The molecule has 0 N–H and O–H groups in total. The molecule has 21 heavy (non-hydrogen) atoms. The van der Waals surface area contributed by atoms with Gasteiger partial charge in [-0.05, 0) is 6.92 Å². The topological polar surface area (TPSA) is 127 Å². The third kappa shape index (κ3) is 4.32. The van der Waals surface area contributed by atoms with Crippen molar-refractivity contribution in [2.75, 3.05) is 0 Å². The molecule has 0 aliphatic rings. The predicted molar refractivity (Wildman–Crippen MR) is 70.1 cm³/mol. The van der Waals surface area contributed by atoms with E-state index in [1.165, 1.54) is 18.6 Å². The summed E-state index contributed by atoms with van der Waals surface area (Å²) in [6, 6.07) is 1.85. The van der Waals surface area contributed by atoms with Gasteiger partial charge in [0.05, 0.1) is 12.4 Å². The van der Waals surface area contributed by atoms with Gasteiger partial charge in [-0.15, -0.1) is 20.4 Å². The molecule has 102 valence electrons. The van der Waals surface area contributed by atoms with Crippen LogP contribution in [0.5, 0.6) is 0 Å². The lowest BCUT2D eigenvalue weighted by atomic mass is 10.4. The Bertz CT molecular complexity index is 707. The number of nitrogens with zero attached hydrogens (tertiary/aromatic N) is 9. The highest BCUT2D eigenvalue weighted by molar-refractivity contribution is 5.44. The average Bonchev–Trinajstić information content (AvgIpc) is 2.58. The fraction of sp³-hybridized carbons (Fsp3) is 0.0833. The van der Waals surface area contributed by atoms with Gasteiger partial charge in [-0.25, -0.2) is 9.97 Å². The van der Waals surface area contributed by atoms with Crippen LogP contribution in [-0.2, 0) is 0 Å². The first kappa shape index (κ1) is 14.0. The third-order valence-corrected chi connectivity index (χ3v) is 2.05. The van der Waals surface area contributed by atoms with Gasteiger partial charge < -0.3 is 0 Å². The SMILES string of the molecule is Cc1nnc(-c2cnccn2)nn1.N#Cc1cnccn1. The van der Waals surface area contributed by atoms with E-state index in [1.54, 1.807) is 25.5 Å². The maximum absolute atomic E-state index is 8.19. The van der Waals surface area contributed by atoms with Crippen LogP contribution >= 0.6 is 0 Å². The summed E-state index contributed by atoms with van der Waals surface area (Å²) in [6.45, 7) is 1.72. The molecule has 0 bridgehead atoms. The van der Waals surface area contributed by atoms with Gasteiger partial charge in [-0.2, -0.15) is 5.26 Å². The molecule has 0 atom stereocenters. The third-order valence-electron chi connectivity index (χ3n) is 2.05. The van der Waals surface area contributed by atoms with E-state index in [0.29, 0.717) is 23.0 Å². The van der Waals surface area contributed by atoms with Crippen LogP contribution in [-0.4, -0.2) is 40.3 Å². The Morgan fingerprint density at radius 1 is 0.857 bits per heavy atom. The number of aromatic nitrogens is 8. The van der Waals surface area contributed by atoms with Crippen molar-refractivity contribution in [2.45, 2.75) is 6.92 Å². The van der Waals surface area contributed by atoms with Gasteiger partial charge >= 0.3 is 0 Å². The Kier molecular flexibility index (Phi) is 4.83. The van der Waals surface area contributed by atoms with Crippen molar-refractivity contribution in [1.82, 2.24) is 40.3 Å². The lowest BCUT2D eigenvalue weighted by Crippen LogP contribution is -1.99. The predicted octanol–water partition coefficient (Wildman–Crippen LogP) is 0.380. The molecule has 3 heterocycles. The molecule has 0 aliphatic carbocycles. The first-order chi connectivity index (χ1) is 10.3. The molecule has 3 rings (SSSR count). The minimum atomic E-state index is 0.354. The van der Waals surface area contributed by atoms with Crippen molar-refractivity contribution < 1.29 is 0 Å². The standard InChI is InChI=1S/C7H6N6.C5H3N3/c1-5-10-12-7(13-11-5)6-4-8-2-3-9-6;6-3-5-4-7-1-2-8-5/h2-4H,1H3;1-2,4H. The van der Waals surface area contributed by atoms with Crippen LogP contribution in [0.2, 0.25) is 0 Å². The molecule has 0 unspecified atom stereocenters. The van der Waals surface area contributed by atoms with E-state index in [4.69, 9.17) is 5.26 Å². The number of rotatable bonds is 1. The van der Waals surface area contributed by atoms with Gasteiger partial charge in [0.2, 0.25) is 5.82 Å². The van der Waals surface area contributed by atoms with E-state index in [-0.39, 0.29) is 0 Å². The molecule has 9 heteroatoms. The van der Waals surface area contributed by atoms with Crippen LogP contribution < -0.4 is 0 Å². The minimum absolute atomic E-state index is 0.354. The van der Waals surface area contributed by atoms with E-state index >= 15 is 0 Å². The zero-order chi connectivity index (χ0) is 14.9. The Balaban J connectivity index is 0.000000173. The lowest BCUT2D eigenvalue weighted by molar-refractivity contribution is 0.811. The molecular weight excluding hydrogens is 270 g/mol. The molecule has 9 nitrogen and oxygen atoms in total. The highest BCUT2D eigenvalue weighted by atomic mass is 15.3. The summed E-state index contributed by atoms with van der Waals surface area (Å²) in [5, 5.41) is 23.4. The van der Waals surface area contributed by atoms with Crippen molar-refractivity contribution >= 4 is 0 Å². The van der Waals surface area contributed by atoms with Gasteiger partial charge in [0.15, 0.2) is 11.5 Å². The van der Waals surface area contributed by atoms with Crippen molar-refractivity contribution in [3.05, 3.63) is 48.7 Å². The summed E-state index contributed by atoms with van der Waals surface area (Å²) in [5.41, 5.74) is 0.926. The molecule has 0 aliphatic heterocycles. The summed E-state index contributed by atoms with van der Waals surface area (Å²) in [5.74, 6) is 0.923. The highest BCUT2D eigenvalue weighted by Gasteiger charge is 2.02. The van der Waals surface area contributed by atoms with E-state index in [0.717, 1.165) is 0 Å². The van der Waals surface area contributed by atoms with E-state index in [1.807, 2.05) is 6.07 Å². The van der Waals surface area contributed by atoms with E-state index in [2.05, 4.69) is 40.3 Å². The fourth-order valence-corrected chi connectivity index (χ4v) is 1.15. The summed E-state index contributed by atoms with van der Waals surface area (Å²) < 4.78 is 0. The second-order valence-electron chi connectivity index (χ2n) is 3.56. The van der Waals surface area contributed by atoms with Crippen LogP contribution in [0.1, 0.15) is 11.5 Å². The monoisotopic (exact) mass is 279 g/mol. The molecular formula is C12H9N9. The lowest BCUT2D eigenvalue weighted by Gasteiger charge is -1.94. The number of nitriles is 1. The Labute approximate surface area is 119 Å². The van der Waals surface area contributed by atoms with Crippen molar-refractivity contribution in [3.8, 4) is 17.6 Å². The molecule has 0 saturated heterocycles. The summed E-state index contributed by atoms with van der Waals surface area (Å²) in [7, 11) is 0. The van der Waals surface area contributed by atoms with Gasteiger partial charge in [0.1, 0.15) is 11.8 Å². The highest BCUT2D eigenvalue weighted by Crippen LogP contribution is 2.04. The summed E-state index contributed by atoms with van der Waals surface area (Å²) >= 11 is 0. The zero-order valence-corrected chi connectivity index (χ0v) is 11.0. The molecule has 0 saturated carbocycles. The molecule has 0 radical (unpaired) electrons. The van der Waals surface area contributed by atoms with Crippen molar-refractivity contribution in [3.63, 3.8) is 0 Å². The van der Waals surface area contributed by atoms with Crippen LogP contribution in [0.4, 0.5) is 0 Å². The smallest absolute Gasteiger partial charge is 0.223 e. The van der Waals surface area contributed by atoms with Crippen LogP contribution in [0.25, 0.3) is 11.5 Å². The van der Waals surface area contributed by atoms with Gasteiger partial charge in [0.25, 0.3) is 0 Å².